The van der Waals surface area contributed by atoms with Crippen molar-refractivity contribution in [3.63, 3.8) is 0 Å². The molecule has 1 heterocycles. The molecule has 3 rings (SSSR count). The molecule has 0 bridgehead atoms. The molecule has 28 heavy (non-hydrogen) atoms. The van der Waals surface area contributed by atoms with E-state index in [1.807, 2.05) is 54.9 Å². The van der Waals surface area contributed by atoms with Gasteiger partial charge in [-0.2, -0.15) is 0 Å². The molecule has 6 nitrogen and oxygen atoms in total. The van der Waals surface area contributed by atoms with Crippen LogP contribution in [0.1, 0.15) is 29.2 Å². The van der Waals surface area contributed by atoms with Crippen LogP contribution in [0.4, 0.5) is 0 Å². The van der Waals surface area contributed by atoms with Crippen molar-refractivity contribution in [2.24, 2.45) is 7.05 Å². The van der Waals surface area contributed by atoms with E-state index in [2.05, 4.69) is 26.1 Å². The second kappa shape index (κ2) is 9.25. The normalized spacial score (nSPS) is 11.9. The predicted molar refractivity (Wildman–Crippen MR) is 112 cm³/mol. The van der Waals surface area contributed by atoms with Crippen molar-refractivity contribution in [1.82, 2.24) is 14.8 Å². The number of nitrogens with zero attached hydrogens (tertiary/aromatic N) is 3. The summed E-state index contributed by atoms with van der Waals surface area (Å²) in [6.07, 6.45) is -0.328. The summed E-state index contributed by atoms with van der Waals surface area (Å²) in [5.41, 5.74) is 0.672. The molecule has 2 aromatic carbocycles. The zero-order chi connectivity index (χ0) is 20.1. The van der Waals surface area contributed by atoms with Gasteiger partial charge in [0.1, 0.15) is 0 Å². The van der Waals surface area contributed by atoms with Crippen LogP contribution in [0.2, 0.25) is 0 Å². The fraction of sp³-hybridized carbons (Fsp3) is 0.250. The van der Waals surface area contributed by atoms with Crippen LogP contribution in [0, 0.1) is 0 Å². The Kier molecular flexibility index (Phi) is 6.74. The standard InChI is InChI=1S/C20H20BrN3O3S/c1-13(27-18-7-5-4-6-17(18)26-3)19-22-23-20(24(19)2)28-12-16(25)14-8-10-15(21)11-9-14/h4-11,13H,12H2,1-3H3. The van der Waals surface area contributed by atoms with Gasteiger partial charge < -0.3 is 14.0 Å². The molecule has 0 aliphatic heterocycles. The van der Waals surface area contributed by atoms with E-state index in [9.17, 15) is 4.79 Å². The van der Waals surface area contributed by atoms with E-state index in [0.717, 1.165) is 4.47 Å². The van der Waals surface area contributed by atoms with Crippen molar-refractivity contribution >= 4 is 33.5 Å². The molecule has 0 amide bonds. The SMILES string of the molecule is COc1ccccc1OC(C)c1nnc(SCC(=O)c2ccc(Br)cc2)n1C. The Morgan fingerprint density at radius 3 is 2.50 bits per heavy atom. The van der Waals surface area contributed by atoms with Crippen LogP contribution >= 0.6 is 27.7 Å². The Balaban J connectivity index is 1.66. The van der Waals surface area contributed by atoms with Gasteiger partial charge in [-0.25, -0.2) is 0 Å². The molecule has 8 heteroatoms. The molecule has 146 valence electrons. The van der Waals surface area contributed by atoms with Gasteiger partial charge >= 0.3 is 0 Å². The smallest absolute Gasteiger partial charge is 0.191 e. The van der Waals surface area contributed by atoms with Gasteiger partial charge in [0.15, 0.2) is 34.4 Å². The maximum Gasteiger partial charge on any atom is 0.191 e. The number of benzene rings is 2. The summed E-state index contributed by atoms with van der Waals surface area (Å²) >= 11 is 4.73. The molecule has 0 N–H and O–H groups in total. The minimum absolute atomic E-state index is 0.0420. The minimum atomic E-state index is -0.328. The van der Waals surface area contributed by atoms with E-state index in [1.165, 1.54) is 11.8 Å². The molecular weight excluding hydrogens is 442 g/mol. The molecule has 0 saturated carbocycles. The van der Waals surface area contributed by atoms with Crippen LogP contribution in [0.5, 0.6) is 11.5 Å². The highest BCUT2D eigenvalue weighted by Gasteiger charge is 2.19. The number of aromatic nitrogens is 3. The van der Waals surface area contributed by atoms with Gasteiger partial charge in [0.25, 0.3) is 0 Å². The Morgan fingerprint density at radius 2 is 1.82 bits per heavy atom. The molecule has 0 spiro atoms. The molecule has 0 radical (unpaired) electrons. The van der Waals surface area contributed by atoms with Crippen molar-refractivity contribution in [2.45, 2.75) is 18.2 Å². The number of carbonyl (C=O) groups excluding carboxylic acids is 1. The second-order valence-corrected chi connectivity index (χ2v) is 7.89. The lowest BCUT2D eigenvalue weighted by Crippen LogP contribution is -2.11. The first-order chi connectivity index (χ1) is 13.5. The quantitative estimate of drug-likeness (QED) is 0.357. The van der Waals surface area contributed by atoms with Crippen LogP contribution < -0.4 is 9.47 Å². The van der Waals surface area contributed by atoms with Crippen molar-refractivity contribution in [3.8, 4) is 11.5 Å². The summed E-state index contributed by atoms with van der Waals surface area (Å²) in [6.45, 7) is 1.90. The van der Waals surface area contributed by atoms with Crippen LogP contribution in [0.3, 0.4) is 0 Å². The molecular formula is C20H20BrN3O3S. The minimum Gasteiger partial charge on any atom is -0.493 e. The molecule has 0 fully saturated rings. The maximum absolute atomic E-state index is 12.4. The first-order valence-corrected chi connectivity index (χ1v) is 10.4. The Morgan fingerprint density at radius 1 is 1.14 bits per heavy atom. The Labute approximate surface area is 176 Å². The third-order valence-corrected chi connectivity index (χ3v) is 5.65. The van der Waals surface area contributed by atoms with E-state index in [0.29, 0.717) is 28.0 Å². The van der Waals surface area contributed by atoms with Gasteiger partial charge in [0.2, 0.25) is 0 Å². The number of hydrogen-bond acceptors (Lipinski definition) is 6. The molecule has 0 aliphatic carbocycles. The molecule has 3 aromatic rings. The zero-order valence-corrected chi connectivity index (χ0v) is 18.2. The maximum atomic E-state index is 12.4. The van der Waals surface area contributed by atoms with Crippen molar-refractivity contribution in [3.05, 3.63) is 64.4 Å². The lowest BCUT2D eigenvalue weighted by atomic mass is 10.2. The number of halogens is 1. The van der Waals surface area contributed by atoms with Crippen molar-refractivity contribution in [1.29, 1.82) is 0 Å². The zero-order valence-electron chi connectivity index (χ0n) is 15.8. The molecule has 1 atom stereocenters. The number of rotatable bonds is 8. The van der Waals surface area contributed by atoms with E-state index in [1.54, 1.807) is 19.2 Å². The van der Waals surface area contributed by atoms with Crippen LogP contribution in [0.25, 0.3) is 0 Å². The lowest BCUT2D eigenvalue weighted by molar-refractivity contribution is 0.102. The molecule has 0 saturated heterocycles. The van der Waals surface area contributed by atoms with E-state index in [-0.39, 0.29) is 17.6 Å². The van der Waals surface area contributed by atoms with Crippen LogP contribution in [-0.4, -0.2) is 33.4 Å². The average Bonchev–Trinajstić information content (AvgIpc) is 3.07. The number of methoxy groups -OCH3 is 1. The summed E-state index contributed by atoms with van der Waals surface area (Å²) < 4.78 is 14.1. The number of hydrogen-bond donors (Lipinski definition) is 0. The summed E-state index contributed by atoms with van der Waals surface area (Å²) in [5, 5.41) is 9.11. The van der Waals surface area contributed by atoms with Crippen molar-refractivity contribution < 1.29 is 14.3 Å². The second-order valence-electron chi connectivity index (χ2n) is 6.03. The molecule has 1 unspecified atom stereocenters. The lowest BCUT2D eigenvalue weighted by Gasteiger charge is -2.16. The molecule has 1 aromatic heterocycles. The monoisotopic (exact) mass is 461 g/mol. The Hall–Kier alpha value is -2.32. The van der Waals surface area contributed by atoms with E-state index < -0.39 is 0 Å². The fourth-order valence-electron chi connectivity index (χ4n) is 2.61. The summed E-state index contributed by atoms with van der Waals surface area (Å²) in [7, 11) is 3.47. The predicted octanol–water partition coefficient (Wildman–Crippen LogP) is 4.70. The highest BCUT2D eigenvalue weighted by molar-refractivity contribution is 9.10. The summed E-state index contributed by atoms with van der Waals surface area (Å²) in [4.78, 5) is 12.4. The topological polar surface area (TPSA) is 66.2 Å². The number of ether oxygens (including phenoxy) is 2. The largest absolute Gasteiger partial charge is 0.493 e. The average molecular weight is 462 g/mol. The van der Waals surface area contributed by atoms with Gasteiger partial charge in [-0.15, -0.1) is 10.2 Å². The molecule has 0 aliphatic rings. The third kappa shape index (κ3) is 4.74. The summed E-state index contributed by atoms with van der Waals surface area (Å²) in [6, 6.07) is 14.8. The number of para-hydroxylation sites is 2. The number of ketones is 1. The number of Topliss-reactive ketones (excluding diaryl/α,β-unsaturated/α-hetero) is 1. The summed E-state index contributed by atoms with van der Waals surface area (Å²) in [5.74, 6) is 2.30. The van der Waals surface area contributed by atoms with Gasteiger partial charge in [0, 0.05) is 17.1 Å². The number of carbonyl (C=O) groups is 1. The fourth-order valence-corrected chi connectivity index (χ4v) is 3.69. The highest BCUT2D eigenvalue weighted by Crippen LogP contribution is 2.30. The van der Waals surface area contributed by atoms with Gasteiger partial charge in [-0.1, -0.05) is 52.0 Å². The third-order valence-electron chi connectivity index (χ3n) is 4.10. The van der Waals surface area contributed by atoms with Crippen LogP contribution in [0.15, 0.2) is 58.2 Å². The van der Waals surface area contributed by atoms with Crippen molar-refractivity contribution in [2.75, 3.05) is 12.9 Å². The Bertz CT molecular complexity index is 960. The van der Waals surface area contributed by atoms with Gasteiger partial charge in [-0.3, -0.25) is 4.79 Å². The van der Waals surface area contributed by atoms with E-state index in [4.69, 9.17) is 9.47 Å². The van der Waals surface area contributed by atoms with Gasteiger partial charge in [-0.05, 0) is 31.2 Å². The first kappa shape index (κ1) is 20.4. The van der Waals surface area contributed by atoms with Crippen LogP contribution in [-0.2, 0) is 7.05 Å². The van der Waals surface area contributed by atoms with E-state index >= 15 is 0 Å². The van der Waals surface area contributed by atoms with Gasteiger partial charge in [0.05, 0.1) is 12.9 Å². The highest BCUT2D eigenvalue weighted by atomic mass is 79.9. The first-order valence-electron chi connectivity index (χ1n) is 8.60. The number of thioether (sulfide) groups is 1.